The SMILES string of the molecule is CC(C)(C)OC=O.C[C@@H]1CCCC[C@H]1NN. The Morgan fingerprint density at radius 1 is 1.31 bits per heavy atom. The van der Waals surface area contributed by atoms with E-state index in [0.29, 0.717) is 12.5 Å². The number of nitrogens with one attached hydrogen (secondary N) is 1. The Labute approximate surface area is 98.9 Å². The highest BCUT2D eigenvalue weighted by Crippen LogP contribution is 2.22. The number of hydrogen-bond donors (Lipinski definition) is 2. The van der Waals surface area contributed by atoms with Crippen molar-refractivity contribution in [2.75, 3.05) is 0 Å². The van der Waals surface area contributed by atoms with Crippen molar-refractivity contribution in [2.45, 2.75) is 65.0 Å². The highest BCUT2D eigenvalue weighted by Gasteiger charge is 2.18. The first-order valence-corrected chi connectivity index (χ1v) is 5.98. The van der Waals surface area contributed by atoms with Crippen molar-refractivity contribution in [3.8, 4) is 0 Å². The van der Waals surface area contributed by atoms with Crippen molar-refractivity contribution in [1.82, 2.24) is 5.43 Å². The Kier molecular flexibility index (Phi) is 7.34. The van der Waals surface area contributed by atoms with E-state index in [9.17, 15) is 4.79 Å². The summed E-state index contributed by atoms with van der Waals surface area (Å²) >= 11 is 0. The van der Waals surface area contributed by atoms with Crippen molar-refractivity contribution < 1.29 is 9.53 Å². The van der Waals surface area contributed by atoms with E-state index >= 15 is 0 Å². The van der Waals surface area contributed by atoms with E-state index in [0.717, 1.165) is 5.92 Å². The Hall–Kier alpha value is -0.610. The second-order valence-corrected chi connectivity index (χ2v) is 5.36. The van der Waals surface area contributed by atoms with Crippen LogP contribution >= 0.6 is 0 Å². The first-order valence-electron chi connectivity index (χ1n) is 5.98. The molecule has 0 spiro atoms. The zero-order chi connectivity index (χ0) is 12.6. The molecule has 4 heteroatoms. The van der Waals surface area contributed by atoms with Crippen molar-refractivity contribution in [2.24, 2.45) is 11.8 Å². The fraction of sp³-hybridized carbons (Fsp3) is 0.917. The predicted molar refractivity (Wildman–Crippen MR) is 65.6 cm³/mol. The van der Waals surface area contributed by atoms with Crippen LogP contribution in [0.2, 0.25) is 0 Å². The van der Waals surface area contributed by atoms with E-state index in [1.165, 1.54) is 25.7 Å². The minimum Gasteiger partial charge on any atom is -0.462 e. The van der Waals surface area contributed by atoms with Crippen molar-refractivity contribution in [3.05, 3.63) is 0 Å². The highest BCUT2D eigenvalue weighted by atomic mass is 16.5. The summed E-state index contributed by atoms with van der Waals surface area (Å²) in [6.45, 7) is 8.19. The van der Waals surface area contributed by atoms with Gasteiger partial charge < -0.3 is 4.74 Å². The van der Waals surface area contributed by atoms with Gasteiger partial charge in [0, 0.05) is 6.04 Å². The van der Waals surface area contributed by atoms with Gasteiger partial charge in [0.1, 0.15) is 5.60 Å². The van der Waals surface area contributed by atoms with Gasteiger partial charge in [-0.25, -0.2) is 0 Å². The van der Waals surface area contributed by atoms with Gasteiger partial charge in [-0.3, -0.25) is 16.1 Å². The number of carbonyl (C=O) groups excluding carboxylic acids is 1. The average Bonchev–Trinajstić information content (AvgIpc) is 2.17. The summed E-state index contributed by atoms with van der Waals surface area (Å²) in [4.78, 5) is 9.60. The topological polar surface area (TPSA) is 64.3 Å². The second kappa shape index (κ2) is 7.63. The van der Waals surface area contributed by atoms with E-state index in [2.05, 4.69) is 17.1 Å². The molecule has 1 aliphatic carbocycles. The predicted octanol–water partition coefficient (Wildman–Crippen LogP) is 1.99. The molecule has 1 fully saturated rings. The molecule has 3 N–H and O–H groups in total. The Bertz CT molecular complexity index is 190. The van der Waals surface area contributed by atoms with E-state index in [1.54, 1.807) is 0 Å². The third kappa shape index (κ3) is 7.65. The van der Waals surface area contributed by atoms with Gasteiger partial charge in [-0.1, -0.05) is 19.8 Å². The fourth-order valence-electron chi connectivity index (χ4n) is 1.71. The Morgan fingerprint density at radius 3 is 2.12 bits per heavy atom. The van der Waals surface area contributed by atoms with Crippen LogP contribution in [0.25, 0.3) is 0 Å². The normalized spacial score (nSPS) is 25.3. The number of nitrogens with two attached hydrogens (primary N) is 1. The Morgan fingerprint density at radius 2 is 1.88 bits per heavy atom. The van der Waals surface area contributed by atoms with Gasteiger partial charge in [0.25, 0.3) is 6.47 Å². The summed E-state index contributed by atoms with van der Waals surface area (Å²) in [7, 11) is 0. The van der Waals surface area contributed by atoms with Gasteiger partial charge in [-0.05, 0) is 39.5 Å². The smallest absolute Gasteiger partial charge is 0.293 e. The lowest BCUT2D eigenvalue weighted by Gasteiger charge is -2.27. The van der Waals surface area contributed by atoms with Crippen LogP contribution in [0.15, 0.2) is 0 Å². The van der Waals surface area contributed by atoms with E-state index in [-0.39, 0.29) is 5.60 Å². The second-order valence-electron chi connectivity index (χ2n) is 5.36. The van der Waals surface area contributed by atoms with E-state index in [1.807, 2.05) is 20.8 Å². The van der Waals surface area contributed by atoms with Crippen molar-refractivity contribution in [1.29, 1.82) is 0 Å². The first kappa shape index (κ1) is 15.4. The number of rotatable bonds is 2. The van der Waals surface area contributed by atoms with Crippen LogP contribution < -0.4 is 11.3 Å². The average molecular weight is 230 g/mol. The summed E-state index contributed by atoms with van der Waals surface area (Å²) in [6.07, 6.45) is 5.34. The van der Waals surface area contributed by atoms with Crippen molar-refractivity contribution in [3.63, 3.8) is 0 Å². The van der Waals surface area contributed by atoms with E-state index in [4.69, 9.17) is 5.84 Å². The molecule has 0 aromatic carbocycles. The molecule has 0 unspecified atom stereocenters. The summed E-state index contributed by atoms with van der Waals surface area (Å²) in [5.74, 6) is 6.12. The molecule has 0 amide bonds. The maximum absolute atomic E-state index is 9.60. The fourth-order valence-corrected chi connectivity index (χ4v) is 1.71. The standard InChI is InChI=1S/C7H16N2.C5H10O2/c1-6-4-2-3-5-7(6)9-8;1-5(2,3)7-4-6/h6-7,9H,2-5,8H2,1H3;4H,1-3H3/t6-,7-;/m1./s1. The molecule has 0 aromatic heterocycles. The molecule has 0 radical (unpaired) electrons. The van der Waals surface area contributed by atoms with Gasteiger partial charge in [0.2, 0.25) is 0 Å². The summed E-state index contributed by atoms with van der Waals surface area (Å²) in [5, 5.41) is 0. The van der Waals surface area contributed by atoms with Crippen LogP contribution in [0, 0.1) is 5.92 Å². The van der Waals surface area contributed by atoms with E-state index < -0.39 is 0 Å². The molecule has 1 rings (SSSR count). The molecule has 1 aliphatic rings. The minimum atomic E-state index is -0.318. The molecule has 96 valence electrons. The zero-order valence-corrected chi connectivity index (χ0v) is 11.0. The Balaban J connectivity index is 0.000000293. The summed E-state index contributed by atoms with van der Waals surface area (Å²) < 4.78 is 4.55. The zero-order valence-electron chi connectivity index (χ0n) is 11.0. The molecule has 0 heterocycles. The van der Waals surface area contributed by atoms with Gasteiger partial charge in [0.05, 0.1) is 0 Å². The van der Waals surface area contributed by atoms with Crippen LogP contribution in [0.1, 0.15) is 53.4 Å². The van der Waals surface area contributed by atoms with Crippen LogP contribution in [0.5, 0.6) is 0 Å². The number of hydrazine groups is 1. The van der Waals surface area contributed by atoms with Crippen LogP contribution in [0.3, 0.4) is 0 Å². The molecule has 1 saturated carbocycles. The maximum Gasteiger partial charge on any atom is 0.293 e. The molecule has 0 bridgehead atoms. The molecule has 0 aromatic rings. The molecule has 0 saturated heterocycles. The minimum absolute atomic E-state index is 0.318. The van der Waals surface area contributed by atoms with Crippen LogP contribution in [0.4, 0.5) is 0 Å². The lowest BCUT2D eigenvalue weighted by atomic mass is 9.86. The van der Waals surface area contributed by atoms with Gasteiger partial charge >= 0.3 is 0 Å². The lowest BCUT2D eigenvalue weighted by Crippen LogP contribution is -2.41. The van der Waals surface area contributed by atoms with Crippen LogP contribution in [-0.2, 0) is 9.53 Å². The van der Waals surface area contributed by atoms with Crippen LogP contribution in [-0.4, -0.2) is 18.1 Å². The molecule has 0 aliphatic heterocycles. The molecular weight excluding hydrogens is 204 g/mol. The largest absolute Gasteiger partial charge is 0.462 e. The quantitative estimate of drug-likeness (QED) is 0.432. The number of carbonyl (C=O) groups is 1. The number of ether oxygens (including phenoxy) is 1. The first-order chi connectivity index (χ1) is 7.40. The summed E-state index contributed by atoms with van der Waals surface area (Å²) in [5.41, 5.74) is 2.54. The summed E-state index contributed by atoms with van der Waals surface area (Å²) in [6, 6.07) is 0.582. The monoisotopic (exact) mass is 230 g/mol. The molecular formula is C12H26N2O2. The number of hydrogen-bond acceptors (Lipinski definition) is 4. The highest BCUT2D eigenvalue weighted by molar-refractivity contribution is 5.37. The van der Waals surface area contributed by atoms with Gasteiger partial charge in [-0.2, -0.15) is 0 Å². The molecule has 2 atom stereocenters. The van der Waals surface area contributed by atoms with Gasteiger partial charge in [0.15, 0.2) is 0 Å². The molecule has 16 heavy (non-hydrogen) atoms. The third-order valence-corrected chi connectivity index (χ3v) is 2.73. The van der Waals surface area contributed by atoms with Crippen molar-refractivity contribution >= 4 is 6.47 Å². The maximum atomic E-state index is 9.60. The third-order valence-electron chi connectivity index (χ3n) is 2.73. The van der Waals surface area contributed by atoms with Gasteiger partial charge in [-0.15, -0.1) is 0 Å². The molecule has 4 nitrogen and oxygen atoms in total. The lowest BCUT2D eigenvalue weighted by molar-refractivity contribution is -0.138.